The van der Waals surface area contributed by atoms with Gasteiger partial charge in [0.2, 0.25) is 5.91 Å². The van der Waals surface area contributed by atoms with Gasteiger partial charge in [-0.3, -0.25) is 9.59 Å². The maximum absolute atomic E-state index is 11.8. The molecule has 1 aromatic rings. The summed E-state index contributed by atoms with van der Waals surface area (Å²) in [5.74, 6) is -0.539. The van der Waals surface area contributed by atoms with E-state index in [1.54, 1.807) is 12.1 Å². The van der Waals surface area contributed by atoms with Crippen molar-refractivity contribution in [2.45, 2.75) is 20.3 Å². The van der Waals surface area contributed by atoms with Gasteiger partial charge in [-0.25, -0.2) is 0 Å². The molecule has 0 aliphatic carbocycles. The first kappa shape index (κ1) is 14.0. The summed E-state index contributed by atoms with van der Waals surface area (Å²) in [5.41, 5.74) is 1.12. The molecule has 3 N–H and O–H groups in total. The lowest BCUT2D eigenvalue weighted by molar-refractivity contribution is -0.120. The van der Waals surface area contributed by atoms with Gasteiger partial charge < -0.3 is 15.7 Å². The van der Waals surface area contributed by atoms with E-state index >= 15 is 0 Å². The van der Waals surface area contributed by atoms with E-state index in [0.29, 0.717) is 6.54 Å². The first-order chi connectivity index (χ1) is 8.54. The summed E-state index contributed by atoms with van der Waals surface area (Å²) >= 11 is 0. The summed E-state index contributed by atoms with van der Waals surface area (Å²) in [6.07, 6.45) is 0.228. The van der Waals surface area contributed by atoms with Crippen LogP contribution in [0.25, 0.3) is 0 Å². The lowest BCUT2D eigenvalue weighted by atomic mass is 10.1. The topological polar surface area (TPSA) is 78.4 Å². The van der Waals surface area contributed by atoms with E-state index in [1.165, 1.54) is 6.07 Å². The second-order valence-corrected chi connectivity index (χ2v) is 3.98. The number of nitrogens with one attached hydrogen (secondary N) is 2. The van der Waals surface area contributed by atoms with E-state index in [9.17, 15) is 14.7 Å². The summed E-state index contributed by atoms with van der Waals surface area (Å²) < 4.78 is 0. The molecule has 98 valence electrons. The van der Waals surface area contributed by atoms with Gasteiger partial charge >= 0.3 is 0 Å². The van der Waals surface area contributed by atoms with Crippen molar-refractivity contribution in [1.82, 2.24) is 10.6 Å². The first-order valence-electron chi connectivity index (χ1n) is 5.89. The third-order valence-corrected chi connectivity index (χ3v) is 2.41. The monoisotopic (exact) mass is 250 g/mol. The average molecular weight is 250 g/mol. The Balaban J connectivity index is 2.50. The zero-order valence-corrected chi connectivity index (χ0v) is 10.6. The van der Waals surface area contributed by atoms with Crippen LogP contribution in [0.15, 0.2) is 18.2 Å². The fourth-order valence-electron chi connectivity index (χ4n) is 1.50. The minimum absolute atomic E-state index is 0.0592. The second-order valence-electron chi connectivity index (χ2n) is 3.98. The van der Waals surface area contributed by atoms with Gasteiger partial charge in [-0.15, -0.1) is 0 Å². The molecule has 0 radical (unpaired) electrons. The maximum atomic E-state index is 11.8. The number of aromatic hydroxyl groups is 1. The lowest BCUT2D eigenvalue weighted by Crippen LogP contribution is -2.30. The lowest BCUT2D eigenvalue weighted by Gasteiger charge is -2.07. The zero-order valence-electron chi connectivity index (χ0n) is 10.6. The number of hydrogen-bond donors (Lipinski definition) is 3. The van der Waals surface area contributed by atoms with Gasteiger partial charge in [-0.05, 0) is 26.0 Å². The van der Waals surface area contributed by atoms with Crippen molar-refractivity contribution in [2.24, 2.45) is 0 Å². The molecule has 0 atom stereocenters. The van der Waals surface area contributed by atoms with Gasteiger partial charge in [-0.2, -0.15) is 0 Å². The molecule has 0 saturated carbocycles. The molecule has 0 aliphatic heterocycles. The largest absolute Gasteiger partial charge is 0.507 e. The fourth-order valence-corrected chi connectivity index (χ4v) is 1.50. The van der Waals surface area contributed by atoms with Gasteiger partial charge in [0.15, 0.2) is 0 Å². The van der Waals surface area contributed by atoms with Crippen LogP contribution in [0.1, 0.15) is 29.3 Å². The predicted molar refractivity (Wildman–Crippen MR) is 68.5 cm³/mol. The Labute approximate surface area is 106 Å². The third kappa shape index (κ3) is 4.08. The van der Waals surface area contributed by atoms with E-state index in [-0.39, 0.29) is 36.1 Å². The molecule has 0 fully saturated rings. The van der Waals surface area contributed by atoms with Gasteiger partial charge in [0.05, 0.1) is 5.56 Å². The molecule has 0 aliphatic rings. The van der Waals surface area contributed by atoms with Gasteiger partial charge in [0.25, 0.3) is 5.91 Å². The van der Waals surface area contributed by atoms with Crippen LogP contribution in [0.5, 0.6) is 5.75 Å². The van der Waals surface area contributed by atoms with Crippen molar-refractivity contribution in [1.29, 1.82) is 0 Å². The minimum Gasteiger partial charge on any atom is -0.507 e. The molecule has 0 unspecified atom stereocenters. The standard InChI is InChI=1S/C13H18N2O3/c1-3-14-12(17)6-7-15-13(18)10-8-9(2)4-5-11(10)16/h4-5,8,16H,3,6-7H2,1-2H3,(H,14,17)(H,15,18). The van der Waals surface area contributed by atoms with Gasteiger partial charge in [0.1, 0.15) is 5.75 Å². The summed E-state index contributed by atoms with van der Waals surface area (Å²) in [6, 6.07) is 4.81. The highest BCUT2D eigenvalue weighted by Gasteiger charge is 2.11. The number of amides is 2. The number of carbonyl (C=O) groups is 2. The number of benzene rings is 1. The van der Waals surface area contributed by atoms with Crippen molar-refractivity contribution < 1.29 is 14.7 Å². The Hall–Kier alpha value is -2.04. The molecule has 1 aromatic carbocycles. The normalized spacial score (nSPS) is 9.89. The predicted octanol–water partition coefficient (Wildman–Crippen LogP) is 0.957. The molecule has 18 heavy (non-hydrogen) atoms. The second kappa shape index (κ2) is 6.64. The Morgan fingerprint density at radius 3 is 2.67 bits per heavy atom. The molecule has 0 heterocycles. The Morgan fingerprint density at radius 2 is 2.00 bits per heavy atom. The molecule has 0 aromatic heterocycles. The summed E-state index contributed by atoms with van der Waals surface area (Å²) in [4.78, 5) is 22.9. The molecule has 0 bridgehead atoms. The number of aryl methyl sites for hydroxylation is 1. The summed E-state index contributed by atoms with van der Waals surface area (Å²) in [7, 11) is 0. The quantitative estimate of drug-likeness (QED) is 0.728. The van der Waals surface area contributed by atoms with Crippen LogP contribution in [0.4, 0.5) is 0 Å². The Kier molecular flexibility index (Phi) is 5.17. The van der Waals surface area contributed by atoms with E-state index in [1.807, 2.05) is 13.8 Å². The highest BCUT2D eigenvalue weighted by molar-refractivity contribution is 5.97. The van der Waals surface area contributed by atoms with E-state index in [4.69, 9.17) is 0 Å². The van der Waals surface area contributed by atoms with Crippen LogP contribution in [-0.2, 0) is 4.79 Å². The molecular formula is C13H18N2O3. The Bertz CT molecular complexity index is 444. The highest BCUT2D eigenvalue weighted by atomic mass is 16.3. The van der Waals surface area contributed by atoms with Crippen LogP contribution < -0.4 is 10.6 Å². The van der Waals surface area contributed by atoms with Crippen LogP contribution in [0.3, 0.4) is 0 Å². The van der Waals surface area contributed by atoms with Crippen LogP contribution in [0, 0.1) is 6.92 Å². The van der Waals surface area contributed by atoms with Crippen LogP contribution in [0.2, 0.25) is 0 Å². The van der Waals surface area contributed by atoms with Crippen molar-refractivity contribution in [3.05, 3.63) is 29.3 Å². The zero-order chi connectivity index (χ0) is 13.5. The van der Waals surface area contributed by atoms with Crippen LogP contribution in [-0.4, -0.2) is 30.0 Å². The fraction of sp³-hybridized carbons (Fsp3) is 0.385. The molecule has 1 rings (SSSR count). The van der Waals surface area contributed by atoms with E-state index in [2.05, 4.69) is 10.6 Å². The molecular weight excluding hydrogens is 232 g/mol. The van der Waals surface area contributed by atoms with E-state index < -0.39 is 0 Å². The highest BCUT2D eigenvalue weighted by Crippen LogP contribution is 2.17. The van der Waals surface area contributed by atoms with Crippen LogP contribution >= 0.6 is 0 Å². The number of phenols is 1. The molecule has 5 nitrogen and oxygen atoms in total. The van der Waals surface area contributed by atoms with Crippen molar-refractivity contribution in [3.8, 4) is 5.75 Å². The SMILES string of the molecule is CCNC(=O)CCNC(=O)c1cc(C)ccc1O. The van der Waals surface area contributed by atoms with Gasteiger partial charge in [-0.1, -0.05) is 11.6 Å². The number of hydrogen-bond acceptors (Lipinski definition) is 3. The minimum atomic E-state index is -0.375. The smallest absolute Gasteiger partial charge is 0.255 e. The van der Waals surface area contributed by atoms with Crippen molar-refractivity contribution in [2.75, 3.05) is 13.1 Å². The van der Waals surface area contributed by atoms with Gasteiger partial charge in [0, 0.05) is 19.5 Å². The maximum Gasteiger partial charge on any atom is 0.255 e. The molecule has 5 heteroatoms. The molecule has 0 saturated heterocycles. The number of rotatable bonds is 5. The third-order valence-electron chi connectivity index (χ3n) is 2.41. The first-order valence-corrected chi connectivity index (χ1v) is 5.89. The summed E-state index contributed by atoms with van der Waals surface area (Å²) in [5, 5.41) is 14.8. The average Bonchev–Trinajstić information content (AvgIpc) is 2.32. The summed E-state index contributed by atoms with van der Waals surface area (Å²) in [6.45, 7) is 4.50. The van der Waals surface area contributed by atoms with Crippen molar-refractivity contribution >= 4 is 11.8 Å². The number of phenolic OH excluding ortho intramolecular Hbond substituents is 1. The van der Waals surface area contributed by atoms with E-state index in [0.717, 1.165) is 5.56 Å². The molecule has 2 amide bonds. The number of carbonyl (C=O) groups excluding carboxylic acids is 2. The Morgan fingerprint density at radius 1 is 1.28 bits per heavy atom. The van der Waals surface area contributed by atoms with Crippen molar-refractivity contribution in [3.63, 3.8) is 0 Å². The molecule has 0 spiro atoms.